The highest BCUT2D eigenvalue weighted by Gasteiger charge is 2.27. The predicted octanol–water partition coefficient (Wildman–Crippen LogP) is 3.99. The van der Waals surface area contributed by atoms with Gasteiger partial charge in [0.15, 0.2) is 0 Å². The molecule has 2 atom stereocenters. The maximum atomic E-state index is 11.6. The molecule has 3 heterocycles. The second-order valence-electron chi connectivity index (χ2n) is 7.84. The molecule has 1 saturated heterocycles. The van der Waals surface area contributed by atoms with E-state index in [0.29, 0.717) is 6.04 Å². The van der Waals surface area contributed by atoms with Crippen molar-refractivity contribution in [3.63, 3.8) is 0 Å². The van der Waals surface area contributed by atoms with Gasteiger partial charge in [0, 0.05) is 24.5 Å². The smallest absolute Gasteiger partial charge is 0.142 e. The minimum absolute atomic E-state index is 0.147. The van der Waals surface area contributed by atoms with Crippen LogP contribution < -0.4 is 9.64 Å². The number of benzene rings is 1. The average Bonchev–Trinajstić information content (AvgIpc) is 3.15. The number of carbonyl (C=O) groups is 1. The minimum Gasteiger partial charge on any atom is -0.494 e. The monoisotopic (exact) mass is 379 g/mol. The van der Waals surface area contributed by atoms with E-state index in [1.807, 2.05) is 24.4 Å². The van der Waals surface area contributed by atoms with E-state index in [9.17, 15) is 4.79 Å². The lowest BCUT2D eigenvalue weighted by Crippen LogP contribution is -2.36. The first-order chi connectivity index (χ1) is 13.8. The second-order valence-corrected chi connectivity index (χ2v) is 7.84. The molecule has 0 amide bonds. The number of hydrogen-bond acceptors (Lipinski definition) is 5. The number of likely N-dealkylation sites (tertiary alicyclic amines) is 1. The van der Waals surface area contributed by atoms with Gasteiger partial charge in [-0.25, -0.2) is 0 Å². The molecule has 0 aliphatic carbocycles. The molecule has 2 aromatic rings. The first-order valence-electron chi connectivity index (χ1n) is 10.4. The zero-order valence-corrected chi connectivity index (χ0v) is 16.6. The summed E-state index contributed by atoms with van der Waals surface area (Å²) in [5, 5.41) is 0. The lowest BCUT2D eigenvalue weighted by Gasteiger charge is -2.36. The maximum Gasteiger partial charge on any atom is 0.142 e. The van der Waals surface area contributed by atoms with E-state index in [1.165, 1.54) is 24.9 Å². The average molecular weight is 380 g/mol. The van der Waals surface area contributed by atoms with E-state index in [0.717, 1.165) is 55.8 Å². The topological polar surface area (TPSA) is 45.7 Å². The highest BCUT2D eigenvalue weighted by atomic mass is 16.5. The van der Waals surface area contributed by atoms with Gasteiger partial charge in [0.05, 0.1) is 24.5 Å². The molecule has 5 nitrogen and oxygen atoms in total. The molecule has 0 radical (unpaired) electrons. The van der Waals surface area contributed by atoms with Gasteiger partial charge in [-0.3, -0.25) is 4.98 Å². The van der Waals surface area contributed by atoms with Gasteiger partial charge in [0.1, 0.15) is 12.0 Å². The fourth-order valence-electron chi connectivity index (χ4n) is 4.44. The number of anilines is 2. The first kappa shape index (κ1) is 18.9. The molecule has 28 heavy (non-hydrogen) atoms. The van der Waals surface area contributed by atoms with Crippen LogP contribution in [0.3, 0.4) is 0 Å². The summed E-state index contributed by atoms with van der Waals surface area (Å²) in [6.45, 7) is 5.40. The number of aryl methyl sites for hydroxylation is 1. The quantitative estimate of drug-likeness (QED) is 0.538. The molecule has 5 heteroatoms. The predicted molar refractivity (Wildman–Crippen MR) is 111 cm³/mol. The Bertz CT molecular complexity index is 796. The van der Waals surface area contributed by atoms with Crippen molar-refractivity contribution in [1.29, 1.82) is 0 Å². The van der Waals surface area contributed by atoms with Crippen LogP contribution in [0, 0.1) is 0 Å². The van der Waals surface area contributed by atoms with Crippen molar-refractivity contribution in [3.8, 4) is 5.75 Å². The Balaban J connectivity index is 1.42. The van der Waals surface area contributed by atoms with Crippen molar-refractivity contribution in [2.75, 3.05) is 24.6 Å². The van der Waals surface area contributed by atoms with Gasteiger partial charge in [-0.2, -0.15) is 0 Å². The van der Waals surface area contributed by atoms with Crippen molar-refractivity contribution < 1.29 is 9.53 Å². The minimum atomic E-state index is -0.147. The van der Waals surface area contributed by atoms with Gasteiger partial charge in [0.2, 0.25) is 0 Å². The SMILES string of the molecule is C[C@@H]1CCCN1CCCOc1ccc2c(c1)CCC(C=O)N2c1cccnc1. The van der Waals surface area contributed by atoms with Gasteiger partial charge in [-0.05, 0) is 81.5 Å². The number of carbonyl (C=O) groups excluding carboxylic acids is 1. The number of hydrogen-bond donors (Lipinski definition) is 0. The van der Waals surface area contributed by atoms with E-state index < -0.39 is 0 Å². The Kier molecular flexibility index (Phi) is 5.91. The molecular weight excluding hydrogens is 350 g/mol. The summed E-state index contributed by atoms with van der Waals surface area (Å²) in [7, 11) is 0. The zero-order chi connectivity index (χ0) is 19.3. The van der Waals surface area contributed by atoms with Gasteiger partial charge in [-0.1, -0.05) is 0 Å². The molecule has 0 N–H and O–H groups in total. The Labute approximate surface area is 167 Å². The third-order valence-corrected chi connectivity index (χ3v) is 5.98. The van der Waals surface area contributed by atoms with Gasteiger partial charge in [0.25, 0.3) is 0 Å². The number of rotatable bonds is 7. The summed E-state index contributed by atoms with van der Waals surface area (Å²) >= 11 is 0. The van der Waals surface area contributed by atoms with Crippen LogP contribution in [0.15, 0.2) is 42.7 Å². The largest absolute Gasteiger partial charge is 0.494 e. The normalized spacial score (nSPS) is 22.1. The van der Waals surface area contributed by atoms with E-state index in [1.54, 1.807) is 6.20 Å². The fourth-order valence-corrected chi connectivity index (χ4v) is 4.44. The maximum absolute atomic E-state index is 11.6. The summed E-state index contributed by atoms with van der Waals surface area (Å²) in [4.78, 5) is 20.5. The van der Waals surface area contributed by atoms with Crippen LogP contribution in [0.1, 0.15) is 38.2 Å². The van der Waals surface area contributed by atoms with Crippen molar-refractivity contribution in [2.24, 2.45) is 0 Å². The summed E-state index contributed by atoms with van der Waals surface area (Å²) in [6.07, 6.45) is 10.00. The molecule has 1 fully saturated rings. The van der Waals surface area contributed by atoms with E-state index >= 15 is 0 Å². The summed E-state index contributed by atoms with van der Waals surface area (Å²) in [6, 6.07) is 10.7. The number of aldehydes is 1. The third-order valence-electron chi connectivity index (χ3n) is 5.98. The number of ether oxygens (including phenoxy) is 1. The molecule has 0 bridgehead atoms. The van der Waals surface area contributed by atoms with Crippen LogP contribution in [0.2, 0.25) is 0 Å². The number of nitrogens with zero attached hydrogens (tertiary/aromatic N) is 3. The lowest BCUT2D eigenvalue weighted by molar-refractivity contribution is -0.109. The standard InChI is InChI=1S/C23H29N3O2/c1-18-5-3-12-25(18)13-4-14-28-22-9-10-23-19(15-22)7-8-21(17-27)26(23)20-6-2-11-24-16-20/h2,6,9-11,15-18,21H,3-5,7-8,12-14H2,1H3/t18-,21?/m1/s1. The van der Waals surface area contributed by atoms with Crippen LogP contribution in [-0.2, 0) is 11.2 Å². The Morgan fingerprint density at radius 1 is 1.29 bits per heavy atom. The number of pyridine rings is 1. The van der Waals surface area contributed by atoms with Crippen molar-refractivity contribution in [2.45, 2.75) is 51.1 Å². The molecule has 4 rings (SSSR count). The number of fused-ring (bicyclic) bond motifs is 1. The Hall–Kier alpha value is -2.40. The molecular formula is C23H29N3O2. The fraction of sp³-hybridized carbons (Fsp3) is 0.478. The molecule has 0 spiro atoms. The summed E-state index contributed by atoms with van der Waals surface area (Å²) in [5.41, 5.74) is 3.26. The van der Waals surface area contributed by atoms with Crippen LogP contribution in [0.4, 0.5) is 11.4 Å². The van der Waals surface area contributed by atoms with Crippen molar-refractivity contribution >= 4 is 17.7 Å². The zero-order valence-electron chi connectivity index (χ0n) is 16.6. The molecule has 1 unspecified atom stereocenters. The van der Waals surface area contributed by atoms with Crippen LogP contribution in [-0.4, -0.2) is 48.0 Å². The van der Waals surface area contributed by atoms with E-state index in [4.69, 9.17) is 4.74 Å². The third kappa shape index (κ3) is 4.04. The highest BCUT2D eigenvalue weighted by Crippen LogP contribution is 2.37. The highest BCUT2D eigenvalue weighted by molar-refractivity contribution is 5.78. The summed E-state index contributed by atoms with van der Waals surface area (Å²) < 4.78 is 6.03. The lowest BCUT2D eigenvalue weighted by atomic mass is 9.95. The molecule has 2 aliphatic rings. The molecule has 2 aliphatic heterocycles. The number of aromatic nitrogens is 1. The van der Waals surface area contributed by atoms with Crippen molar-refractivity contribution in [3.05, 3.63) is 48.3 Å². The van der Waals surface area contributed by atoms with Gasteiger partial charge >= 0.3 is 0 Å². The Morgan fingerprint density at radius 2 is 2.21 bits per heavy atom. The van der Waals surface area contributed by atoms with Gasteiger partial charge < -0.3 is 19.3 Å². The van der Waals surface area contributed by atoms with Crippen LogP contribution >= 0.6 is 0 Å². The molecule has 1 aromatic carbocycles. The molecule has 148 valence electrons. The molecule has 0 saturated carbocycles. The Morgan fingerprint density at radius 3 is 2.96 bits per heavy atom. The van der Waals surface area contributed by atoms with Crippen LogP contribution in [0.5, 0.6) is 5.75 Å². The first-order valence-corrected chi connectivity index (χ1v) is 10.4. The second kappa shape index (κ2) is 8.74. The molecule has 1 aromatic heterocycles. The van der Waals surface area contributed by atoms with Crippen LogP contribution in [0.25, 0.3) is 0 Å². The van der Waals surface area contributed by atoms with E-state index in [-0.39, 0.29) is 6.04 Å². The van der Waals surface area contributed by atoms with E-state index in [2.05, 4.69) is 33.8 Å². The van der Waals surface area contributed by atoms with Crippen molar-refractivity contribution in [1.82, 2.24) is 9.88 Å². The van der Waals surface area contributed by atoms with Gasteiger partial charge in [-0.15, -0.1) is 0 Å². The summed E-state index contributed by atoms with van der Waals surface area (Å²) in [5.74, 6) is 0.920.